The van der Waals surface area contributed by atoms with Gasteiger partial charge in [0.05, 0.1) is 17.4 Å². The Balaban J connectivity index is 1.55. The lowest BCUT2D eigenvalue weighted by molar-refractivity contribution is -0.138. The Morgan fingerprint density at radius 2 is 2.00 bits per heavy atom. The van der Waals surface area contributed by atoms with E-state index in [1.54, 1.807) is 23.1 Å². The summed E-state index contributed by atoms with van der Waals surface area (Å²) in [6.45, 7) is 2.65. The van der Waals surface area contributed by atoms with Gasteiger partial charge in [-0.2, -0.15) is 0 Å². The molecule has 132 valence electrons. The summed E-state index contributed by atoms with van der Waals surface area (Å²) in [7, 11) is 0. The second kappa shape index (κ2) is 6.63. The Morgan fingerprint density at radius 3 is 2.81 bits per heavy atom. The summed E-state index contributed by atoms with van der Waals surface area (Å²) in [6, 6.07) is 14.9. The first kappa shape index (κ1) is 16.3. The monoisotopic (exact) mass is 349 g/mol. The summed E-state index contributed by atoms with van der Waals surface area (Å²) in [4.78, 5) is 34.0. The van der Waals surface area contributed by atoms with E-state index in [0.29, 0.717) is 29.7 Å². The zero-order chi connectivity index (χ0) is 18.1. The van der Waals surface area contributed by atoms with Crippen LogP contribution < -0.4 is 10.3 Å². The predicted octanol–water partition coefficient (Wildman–Crippen LogP) is 2.28. The van der Waals surface area contributed by atoms with Crippen molar-refractivity contribution in [1.82, 2.24) is 14.9 Å². The number of fused-ring (bicyclic) bond motifs is 2. The Kier molecular flexibility index (Phi) is 4.16. The molecule has 3 aromatic rings. The van der Waals surface area contributed by atoms with Crippen molar-refractivity contribution >= 4 is 16.8 Å². The van der Waals surface area contributed by atoms with E-state index >= 15 is 0 Å². The molecule has 1 amide bonds. The van der Waals surface area contributed by atoms with Crippen LogP contribution in [0.1, 0.15) is 18.3 Å². The van der Waals surface area contributed by atoms with Crippen LogP contribution in [-0.4, -0.2) is 33.4 Å². The lowest BCUT2D eigenvalue weighted by Crippen LogP contribution is -2.41. The molecule has 4 rings (SSSR count). The standard InChI is InChI=1S/C20H19N3O3/c1-2-23(20(25)17-11-13-7-3-6-10-16(13)26-17)12-18-21-15-9-5-4-8-14(15)19(24)22-18/h3-10,17H,2,11-12H2,1H3,(H,21,22,24). The minimum Gasteiger partial charge on any atom is -0.480 e. The van der Waals surface area contributed by atoms with Crippen LogP contribution in [0.4, 0.5) is 0 Å². The van der Waals surface area contributed by atoms with Gasteiger partial charge in [-0.1, -0.05) is 30.3 Å². The third-order valence-electron chi connectivity index (χ3n) is 4.62. The van der Waals surface area contributed by atoms with Gasteiger partial charge in [0.15, 0.2) is 6.10 Å². The molecule has 6 heteroatoms. The number of hydrogen-bond acceptors (Lipinski definition) is 4. The van der Waals surface area contributed by atoms with Crippen molar-refractivity contribution in [3.8, 4) is 5.75 Å². The number of likely N-dealkylation sites (N-methyl/N-ethyl adjacent to an activating group) is 1. The number of hydrogen-bond donors (Lipinski definition) is 1. The lowest BCUT2D eigenvalue weighted by atomic mass is 10.1. The quantitative estimate of drug-likeness (QED) is 0.784. The Bertz CT molecular complexity index is 1000. The molecule has 1 N–H and O–H groups in total. The van der Waals surface area contributed by atoms with Crippen LogP contribution in [0.5, 0.6) is 5.75 Å². The van der Waals surface area contributed by atoms with E-state index in [4.69, 9.17) is 4.74 Å². The predicted molar refractivity (Wildman–Crippen MR) is 98.0 cm³/mol. The summed E-state index contributed by atoms with van der Waals surface area (Å²) in [6.07, 6.45) is 0.0345. The lowest BCUT2D eigenvalue weighted by Gasteiger charge is -2.23. The summed E-state index contributed by atoms with van der Waals surface area (Å²) in [5.41, 5.74) is 1.47. The molecule has 1 aliphatic heterocycles. The second-order valence-electron chi connectivity index (χ2n) is 6.30. The van der Waals surface area contributed by atoms with Crippen molar-refractivity contribution in [2.45, 2.75) is 26.0 Å². The molecule has 0 radical (unpaired) electrons. The third kappa shape index (κ3) is 2.94. The average molecular weight is 349 g/mol. The number of aromatic amines is 1. The molecule has 0 bridgehead atoms. The molecule has 2 heterocycles. The van der Waals surface area contributed by atoms with Gasteiger partial charge in [0.2, 0.25) is 0 Å². The van der Waals surface area contributed by atoms with Crippen molar-refractivity contribution in [2.24, 2.45) is 0 Å². The SMILES string of the molecule is CCN(Cc1nc2ccccc2c(=O)[nH]1)C(=O)C1Cc2ccccc2O1. The number of H-pyrrole nitrogens is 1. The number of aromatic nitrogens is 2. The number of amides is 1. The van der Waals surface area contributed by atoms with Gasteiger partial charge in [0.1, 0.15) is 11.6 Å². The first-order chi connectivity index (χ1) is 12.7. The maximum Gasteiger partial charge on any atom is 0.264 e. The molecule has 0 saturated heterocycles. The highest BCUT2D eigenvalue weighted by Crippen LogP contribution is 2.29. The maximum absolute atomic E-state index is 12.9. The molecule has 0 fully saturated rings. The number of nitrogens with zero attached hydrogens (tertiary/aromatic N) is 2. The number of para-hydroxylation sites is 2. The number of rotatable bonds is 4. The van der Waals surface area contributed by atoms with Crippen molar-refractivity contribution < 1.29 is 9.53 Å². The first-order valence-corrected chi connectivity index (χ1v) is 8.67. The van der Waals surface area contributed by atoms with Crippen LogP contribution >= 0.6 is 0 Å². The average Bonchev–Trinajstić information content (AvgIpc) is 3.10. The van der Waals surface area contributed by atoms with Crippen molar-refractivity contribution in [3.05, 3.63) is 70.3 Å². The molecule has 1 atom stereocenters. The summed E-state index contributed by atoms with van der Waals surface area (Å²) in [5.74, 6) is 1.14. The van der Waals surface area contributed by atoms with Gasteiger partial charge < -0.3 is 14.6 Å². The highest BCUT2D eigenvalue weighted by Gasteiger charge is 2.32. The van der Waals surface area contributed by atoms with Crippen molar-refractivity contribution in [3.63, 3.8) is 0 Å². The van der Waals surface area contributed by atoms with Crippen LogP contribution in [0.25, 0.3) is 10.9 Å². The minimum atomic E-state index is -0.528. The third-order valence-corrected chi connectivity index (χ3v) is 4.62. The van der Waals surface area contributed by atoms with E-state index in [0.717, 1.165) is 11.3 Å². The number of carbonyl (C=O) groups is 1. The molecule has 0 spiro atoms. The van der Waals surface area contributed by atoms with Crippen LogP contribution in [0, 0.1) is 0 Å². The van der Waals surface area contributed by atoms with Crippen molar-refractivity contribution in [1.29, 1.82) is 0 Å². The van der Waals surface area contributed by atoms with Gasteiger partial charge in [-0.15, -0.1) is 0 Å². The molecule has 1 aromatic heterocycles. The van der Waals surface area contributed by atoms with Gasteiger partial charge in [-0.3, -0.25) is 9.59 Å². The largest absolute Gasteiger partial charge is 0.480 e. The minimum absolute atomic E-state index is 0.0977. The summed E-state index contributed by atoms with van der Waals surface area (Å²) < 4.78 is 5.80. The fourth-order valence-corrected chi connectivity index (χ4v) is 3.26. The van der Waals surface area contributed by atoms with E-state index in [1.807, 2.05) is 37.3 Å². The Labute approximate surface area is 150 Å². The molecule has 0 saturated carbocycles. The van der Waals surface area contributed by atoms with Crippen molar-refractivity contribution in [2.75, 3.05) is 6.54 Å². The molecule has 2 aromatic carbocycles. The first-order valence-electron chi connectivity index (χ1n) is 8.67. The zero-order valence-electron chi connectivity index (χ0n) is 14.4. The molecule has 1 aliphatic rings. The number of nitrogens with one attached hydrogen (secondary N) is 1. The van der Waals surface area contributed by atoms with Crippen LogP contribution in [0.3, 0.4) is 0 Å². The Hall–Kier alpha value is -3.15. The molecule has 1 unspecified atom stereocenters. The fourth-order valence-electron chi connectivity index (χ4n) is 3.26. The fraction of sp³-hybridized carbons (Fsp3) is 0.250. The summed E-state index contributed by atoms with van der Waals surface area (Å²) in [5, 5.41) is 0.542. The number of carbonyl (C=O) groups excluding carboxylic acids is 1. The van der Waals surface area contributed by atoms with Gasteiger partial charge in [-0.05, 0) is 30.7 Å². The van der Waals surface area contributed by atoms with Gasteiger partial charge >= 0.3 is 0 Å². The molecule has 0 aliphatic carbocycles. The van der Waals surface area contributed by atoms with Crippen LogP contribution in [-0.2, 0) is 17.8 Å². The number of ether oxygens (including phenoxy) is 1. The van der Waals surface area contributed by atoms with Crippen LogP contribution in [0.15, 0.2) is 53.3 Å². The normalized spacial score (nSPS) is 15.5. The molecule has 6 nitrogen and oxygen atoms in total. The van der Waals surface area contributed by atoms with Gasteiger partial charge in [-0.25, -0.2) is 4.98 Å². The smallest absolute Gasteiger partial charge is 0.264 e. The maximum atomic E-state index is 12.9. The second-order valence-corrected chi connectivity index (χ2v) is 6.30. The van der Waals surface area contributed by atoms with E-state index in [-0.39, 0.29) is 18.0 Å². The molecular formula is C20H19N3O3. The summed E-state index contributed by atoms with van der Waals surface area (Å²) >= 11 is 0. The van der Waals surface area contributed by atoms with E-state index in [1.165, 1.54) is 0 Å². The highest BCUT2D eigenvalue weighted by atomic mass is 16.5. The van der Waals surface area contributed by atoms with Gasteiger partial charge in [0, 0.05) is 13.0 Å². The Morgan fingerprint density at radius 1 is 1.23 bits per heavy atom. The molecule has 26 heavy (non-hydrogen) atoms. The van der Waals surface area contributed by atoms with E-state index in [2.05, 4.69) is 9.97 Å². The van der Waals surface area contributed by atoms with E-state index in [9.17, 15) is 9.59 Å². The highest BCUT2D eigenvalue weighted by molar-refractivity contribution is 5.82. The van der Waals surface area contributed by atoms with Gasteiger partial charge in [0.25, 0.3) is 11.5 Å². The number of benzene rings is 2. The van der Waals surface area contributed by atoms with E-state index < -0.39 is 6.10 Å². The van der Waals surface area contributed by atoms with Crippen LogP contribution in [0.2, 0.25) is 0 Å². The topological polar surface area (TPSA) is 75.3 Å². The zero-order valence-corrected chi connectivity index (χ0v) is 14.4. The molecular weight excluding hydrogens is 330 g/mol.